The van der Waals surface area contributed by atoms with Crippen LogP contribution >= 0.6 is 11.8 Å². The number of carbonyl (C=O) groups is 1. The first-order valence-electron chi connectivity index (χ1n) is 12.4. The summed E-state index contributed by atoms with van der Waals surface area (Å²) < 4.78 is 0. The van der Waals surface area contributed by atoms with Crippen LogP contribution in [-0.2, 0) is 11.2 Å². The maximum absolute atomic E-state index is 13.1. The standard InChI is InChI=1S/C26H40N2OS/c1-2-3-4-11-28(25(29)20-30-13-7-21-5-9-27-10-6-21)12-8-26-17-22-14-23(18-26)16-24(15-22)19-26/h5-6,9-10,22-24H,2-4,7-8,11-20H2,1H3. The summed E-state index contributed by atoms with van der Waals surface area (Å²) in [5.41, 5.74) is 1.89. The molecule has 166 valence electrons. The van der Waals surface area contributed by atoms with Crippen LogP contribution in [0.25, 0.3) is 0 Å². The molecule has 1 amide bonds. The van der Waals surface area contributed by atoms with E-state index in [9.17, 15) is 4.79 Å². The van der Waals surface area contributed by atoms with Gasteiger partial charge in [-0.3, -0.25) is 9.78 Å². The van der Waals surface area contributed by atoms with E-state index in [4.69, 9.17) is 0 Å². The topological polar surface area (TPSA) is 33.2 Å². The van der Waals surface area contributed by atoms with E-state index >= 15 is 0 Å². The molecule has 0 N–H and O–H groups in total. The van der Waals surface area contributed by atoms with Gasteiger partial charge in [0, 0.05) is 25.5 Å². The zero-order valence-corrected chi connectivity index (χ0v) is 19.7. The van der Waals surface area contributed by atoms with Gasteiger partial charge < -0.3 is 4.90 Å². The quantitative estimate of drug-likeness (QED) is 0.384. The maximum Gasteiger partial charge on any atom is 0.232 e. The summed E-state index contributed by atoms with van der Waals surface area (Å²) in [4.78, 5) is 19.4. The molecule has 0 spiro atoms. The van der Waals surface area contributed by atoms with Crippen LogP contribution in [0.2, 0.25) is 0 Å². The summed E-state index contributed by atoms with van der Waals surface area (Å²) in [6.45, 7) is 4.21. The number of thioether (sulfide) groups is 1. The van der Waals surface area contributed by atoms with Gasteiger partial charge in [0.25, 0.3) is 0 Å². The lowest BCUT2D eigenvalue weighted by atomic mass is 9.49. The minimum atomic E-state index is 0.371. The second-order valence-electron chi connectivity index (χ2n) is 10.4. The van der Waals surface area contributed by atoms with Crippen LogP contribution in [-0.4, -0.2) is 40.4 Å². The van der Waals surface area contributed by atoms with Gasteiger partial charge in [0.05, 0.1) is 5.75 Å². The van der Waals surface area contributed by atoms with Gasteiger partial charge in [-0.25, -0.2) is 0 Å². The van der Waals surface area contributed by atoms with Crippen molar-refractivity contribution in [3.63, 3.8) is 0 Å². The van der Waals surface area contributed by atoms with Crippen molar-refractivity contribution >= 4 is 17.7 Å². The summed E-state index contributed by atoms with van der Waals surface area (Å²) in [6.07, 6.45) is 18.5. The molecule has 1 aromatic heterocycles. The van der Waals surface area contributed by atoms with E-state index in [1.165, 1.54) is 63.4 Å². The molecule has 0 aliphatic heterocycles. The first-order valence-corrected chi connectivity index (χ1v) is 13.6. The lowest BCUT2D eigenvalue weighted by molar-refractivity contribution is -0.129. The van der Waals surface area contributed by atoms with Crippen molar-refractivity contribution < 1.29 is 4.79 Å². The largest absolute Gasteiger partial charge is 0.342 e. The minimum absolute atomic E-state index is 0.371. The van der Waals surface area contributed by atoms with Crippen molar-refractivity contribution in [3.8, 4) is 0 Å². The molecule has 1 heterocycles. The second-order valence-corrected chi connectivity index (χ2v) is 11.5. The molecule has 0 atom stereocenters. The molecule has 0 radical (unpaired) electrons. The molecular weight excluding hydrogens is 388 g/mol. The van der Waals surface area contributed by atoms with Crippen LogP contribution in [0.15, 0.2) is 24.5 Å². The molecule has 4 heteroatoms. The van der Waals surface area contributed by atoms with Gasteiger partial charge in [-0.05, 0) is 104 Å². The smallest absolute Gasteiger partial charge is 0.232 e. The molecular formula is C26H40N2OS. The first-order chi connectivity index (χ1) is 14.7. The van der Waals surface area contributed by atoms with Crippen LogP contribution in [0, 0.1) is 23.2 Å². The molecule has 4 fully saturated rings. The Labute approximate surface area is 187 Å². The van der Waals surface area contributed by atoms with Crippen LogP contribution in [0.4, 0.5) is 0 Å². The van der Waals surface area contributed by atoms with E-state index in [0.717, 1.165) is 49.4 Å². The van der Waals surface area contributed by atoms with E-state index in [0.29, 0.717) is 17.1 Å². The Balaban J connectivity index is 1.26. The molecule has 4 saturated carbocycles. The fourth-order valence-electron chi connectivity index (χ4n) is 6.87. The fourth-order valence-corrected chi connectivity index (χ4v) is 7.75. The fraction of sp³-hybridized carbons (Fsp3) is 0.769. The third kappa shape index (κ3) is 5.81. The molecule has 0 saturated heterocycles. The highest BCUT2D eigenvalue weighted by atomic mass is 32.2. The molecule has 30 heavy (non-hydrogen) atoms. The van der Waals surface area contributed by atoms with Crippen LogP contribution in [0.1, 0.15) is 76.7 Å². The number of hydrogen-bond donors (Lipinski definition) is 0. The van der Waals surface area contributed by atoms with Gasteiger partial charge in [-0.15, -0.1) is 0 Å². The Morgan fingerprint density at radius 1 is 1.07 bits per heavy atom. The van der Waals surface area contributed by atoms with Crippen molar-refractivity contribution in [2.45, 2.75) is 77.6 Å². The molecule has 0 aromatic carbocycles. The number of amides is 1. The van der Waals surface area contributed by atoms with Crippen molar-refractivity contribution in [2.24, 2.45) is 23.2 Å². The SMILES string of the molecule is CCCCCN(CCC12CC3CC(CC(C3)C1)C2)C(=O)CSCCc1ccncc1. The predicted octanol–water partition coefficient (Wildman–Crippen LogP) is 5.98. The highest BCUT2D eigenvalue weighted by molar-refractivity contribution is 7.99. The molecule has 5 rings (SSSR count). The Kier molecular flexibility index (Phi) is 7.78. The minimum Gasteiger partial charge on any atom is -0.342 e. The number of aryl methyl sites for hydroxylation is 1. The van der Waals surface area contributed by atoms with E-state index in [1.54, 1.807) is 11.8 Å². The number of nitrogens with zero attached hydrogens (tertiary/aromatic N) is 2. The van der Waals surface area contributed by atoms with Crippen LogP contribution in [0.3, 0.4) is 0 Å². The van der Waals surface area contributed by atoms with E-state index < -0.39 is 0 Å². The molecule has 4 bridgehead atoms. The lowest BCUT2D eigenvalue weighted by Crippen LogP contribution is -2.47. The normalized spacial score (nSPS) is 29.3. The number of unbranched alkanes of at least 4 members (excludes halogenated alkanes) is 2. The van der Waals surface area contributed by atoms with E-state index in [-0.39, 0.29) is 0 Å². The van der Waals surface area contributed by atoms with Crippen molar-refractivity contribution in [2.75, 3.05) is 24.6 Å². The molecule has 4 aliphatic carbocycles. The summed E-state index contributed by atoms with van der Waals surface area (Å²) >= 11 is 1.80. The molecule has 3 nitrogen and oxygen atoms in total. The number of rotatable bonds is 12. The summed E-state index contributed by atoms with van der Waals surface area (Å²) in [6, 6.07) is 4.15. The number of pyridine rings is 1. The third-order valence-electron chi connectivity index (χ3n) is 7.97. The summed E-state index contributed by atoms with van der Waals surface area (Å²) in [7, 11) is 0. The van der Waals surface area contributed by atoms with Crippen molar-refractivity contribution in [1.29, 1.82) is 0 Å². The molecule has 1 aromatic rings. The van der Waals surface area contributed by atoms with Crippen LogP contribution < -0.4 is 0 Å². The summed E-state index contributed by atoms with van der Waals surface area (Å²) in [5.74, 6) is 5.03. The Hall–Kier alpha value is -1.03. The average molecular weight is 429 g/mol. The average Bonchev–Trinajstić information content (AvgIpc) is 2.73. The lowest BCUT2D eigenvalue weighted by Gasteiger charge is -2.57. The van der Waals surface area contributed by atoms with E-state index in [1.807, 2.05) is 12.4 Å². The first kappa shape index (κ1) is 22.2. The predicted molar refractivity (Wildman–Crippen MR) is 127 cm³/mol. The van der Waals surface area contributed by atoms with Gasteiger partial charge in [0.1, 0.15) is 0 Å². The van der Waals surface area contributed by atoms with E-state index in [2.05, 4.69) is 28.9 Å². The Bertz CT molecular complexity index is 642. The third-order valence-corrected chi connectivity index (χ3v) is 8.92. The van der Waals surface area contributed by atoms with Gasteiger partial charge in [-0.2, -0.15) is 11.8 Å². The van der Waals surface area contributed by atoms with Crippen molar-refractivity contribution in [1.82, 2.24) is 9.88 Å². The number of carbonyl (C=O) groups excluding carboxylic acids is 1. The van der Waals surface area contributed by atoms with Gasteiger partial charge in [-0.1, -0.05) is 19.8 Å². The number of aromatic nitrogens is 1. The summed E-state index contributed by atoms with van der Waals surface area (Å²) in [5, 5.41) is 0. The van der Waals surface area contributed by atoms with Gasteiger partial charge in [0.15, 0.2) is 0 Å². The van der Waals surface area contributed by atoms with Crippen molar-refractivity contribution in [3.05, 3.63) is 30.1 Å². The monoisotopic (exact) mass is 428 g/mol. The highest BCUT2D eigenvalue weighted by Crippen LogP contribution is 2.61. The van der Waals surface area contributed by atoms with Gasteiger partial charge in [0.2, 0.25) is 5.91 Å². The van der Waals surface area contributed by atoms with Crippen LogP contribution in [0.5, 0.6) is 0 Å². The molecule has 4 aliphatic rings. The zero-order chi connectivity index (χ0) is 20.8. The Morgan fingerprint density at radius 2 is 1.73 bits per heavy atom. The highest BCUT2D eigenvalue weighted by Gasteiger charge is 2.50. The Morgan fingerprint density at radius 3 is 2.37 bits per heavy atom. The molecule has 0 unspecified atom stereocenters. The maximum atomic E-state index is 13.1. The number of hydrogen-bond acceptors (Lipinski definition) is 3. The van der Waals surface area contributed by atoms with Gasteiger partial charge >= 0.3 is 0 Å². The zero-order valence-electron chi connectivity index (χ0n) is 18.9. The second kappa shape index (κ2) is 10.5.